The number of H-pyrrole nitrogens is 1. The summed E-state index contributed by atoms with van der Waals surface area (Å²) in [5.41, 5.74) is 1.05. The number of aromatic amines is 1. The highest BCUT2D eigenvalue weighted by atomic mass is 16.5. The van der Waals surface area contributed by atoms with Crippen molar-refractivity contribution < 1.29 is 14.2 Å². The van der Waals surface area contributed by atoms with Gasteiger partial charge in [-0.1, -0.05) is 18.2 Å². The number of para-hydroxylation sites is 1. The molecule has 1 fully saturated rings. The zero-order valence-electron chi connectivity index (χ0n) is 19.0. The number of aromatic nitrogens is 2. The second kappa shape index (κ2) is 8.94. The summed E-state index contributed by atoms with van der Waals surface area (Å²) in [5, 5.41) is 0.412. The first-order chi connectivity index (χ1) is 16.1. The van der Waals surface area contributed by atoms with Crippen molar-refractivity contribution in [3.8, 4) is 17.2 Å². The number of hydrogen-bond donors (Lipinski definition) is 1. The van der Waals surface area contributed by atoms with Crippen LogP contribution in [0.3, 0.4) is 0 Å². The summed E-state index contributed by atoms with van der Waals surface area (Å²) in [4.78, 5) is 30.8. The smallest absolute Gasteiger partial charge is 0.328 e. The highest BCUT2D eigenvalue weighted by Gasteiger charge is 2.38. The van der Waals surface area contributed by atoms with E-state index in [4.69, 9.17) is 14.2 Å². The number of hydrogen-bond acceptors (Lipinski definition) is 6. The molecule has 0 amide bonds. The van der Waals surface area contributed by atoms with Crippen molar-refractivity contribution in [1.29, 1.82) is 0 Å². The summed E-state index contributed by atoms with van der Waals surface area (Å²) in [5.74, 6) is 2.99. The predicted octanol–water partition coefficient (Wildman–Crippen LogP) is 2.60. The maximum absolute atomic E-state index is 13.0. The number of likely N-dealkylation sites (tertiary alicyclic amines) is 1. The molecular weight excluding hydrogens is 422 g/mol. The van der Waals surface area contributed by atoms with Gasteiger partial charge in [-0.25, -0.2) is 4.79 Å². The number of rotatable bonds is 7. The zero-order valence-corrected chi connectivity index (χ0v) is 19.0. The molecule has 33 heavy (non-hydrogen) atoms. The molecule has 2 aliphatic heterocycles. The van der Waals surface area contributed by atoms with Crippen molar-refractivity contribution >= 4 is 10.9 Å². The Morgan fingerprint density at radius 2 is 1.79 bits per heavy atom. The molecule has 0 aliphatic carbocycles. The minimum atomic E-state index is -0.402. The number of methoxy groups -OCH3 is 2. The molecule has 3 heterocycles. The zero-order chi connectivity index (χ0) is 22.9. The molecule has 1 N–H and O–H groups in total. The maximum Gasteiger partial charge on any atom is 0.328 e. The largest absolute Gasteiger partial charge is 0.493 e. The first kappa shape index (κ1) is 21.6. The van der Waals surface area contributed by atoms with E-state index in [0.29, 0.717) is 40.8 Å². The second-order valence-electron chi connectivity index (χ2n) is 8.82. The van der Waals surface area contributed by atoms with Gasteiger partial charge in [0.05, 0.1) is 31.7 Å². The predicted molar refractivity (Wildman–Crippen MR) is 126 cm³/mol. The fourth-order valence-corrected chi connectivity index (χ4v) is 5.17. The average molecular weight is 452 g/mol. The number of nitrogens with zero attached hydrogens (tertiary/aromatic N) is 2. The first-order valence-corrected chi connectivity index (χ1v) is 11.4. The Morgan fingerprint density at radius 3 is 2.61 bits per heavy atom. The summed E-state index contributed by atoms with van der Waals surface area (Å²) in [6, 6.07) is 11.6. The topological polar surface area (TPSA) is 85.8 Å². The Kier molecular flexibility index (Phi) is 5.85. The lowest BCUT2D eigenvalue weighted by Gasteiger charge is -2.27. The third kappa shape index (κ3) is 3.99. The number of nitrogens with one attached hydrogen (secondary N) is 1. The van der Waals surface area contributed by atoms with E-state index in [-0.39, 0.29) is 5.56 Å². The summed E-state index contributed by atoms with van der Waals surface area (Å²) in [6.45, 7) is 4.15. The minimum Gasteiger partial charge on any atom is -0.493 e. The van der Waals surface area contributed by atoms with Gasteiger partial charge in [0.1, 0.15) is 5.75 Å². The molecular formula is C25H29N3O5. The fourth-order valence-electron chi connectivity index (χ4n) is 5.17. The van der Waals surface area contributed by atoms with Gasteiger partial charge in [-0.2, -0.15) is 0 Å². The monoisotopic (exact) mass is 451 g/mol. The van der Waals surface area contributed by atoms with Crippen LogP contribution in [-0.4, -0.2) is 54.9 Å². The molecule has 1 aromatic heterocycles. The van der Waals surface area contributed by atoms with E-state index in [2.05, 4.69) is 28.1 Å². The molecule has 0 unspecified atom stereocenters. The van der Waals surface area contributed by atoms with Crippen molar-refractivity contribution in [1.82, 2.24) is 14.5 Å². The summed E-state index contributed by atoms with van der Waals surface area (Å²) in [7, 11) is 3.04. The molecule has 0 radical (unpaired) electrons. The van der Waals surface area contributed by atoms with Crippen LogP contribution in [0.5, 0.6) is 17.2 Å². The van der Waals surface area contributed by atoms with Gasteiger partial charge in [-0.05, 0) is 37.1 Å². The van der Waals surface area contributed by atoms with E-state index in [1.54, 1.807) is 12.1 Å². The van der Waals surface area contributed by atoms with Crippen molar-refractivity contribution in [2.75, 3.05) is 40.5 Å². The van der Waals surface area contributed by atoms with Crippen molar-refractivity contribution in [2.24, 2.45) is 5.92 Å². The van der Waals surface area contributed by atoms with Crippen LogP contribution in [0.25, 0.3) is 10.9 Å². The third-order valence-electron chi connectivity index (χ3n) is 6.88. The maximum atomic E-state index is 13.0. The molecule has 0 spiro atoms. The average Bonchev–Trinajstić information content (AvgIpc) is 3.26. The molecule has 174 valence electrons. The SMILES string of the molecule is COc1cc2[nH]c(=O)n(CCCCN3C[C@@H]4COc5ccccc5[C@H]4C3)c(=O)c2cc1OC. The Labute approximate surface area is 191 Å². The number of benzene rings is 2. The highest BCUT2D eigenvalue weighted by Crippen LogP contribution is 2.41. The van der Waals surface area contributed by atoms with E-state index in [1.807, 2.05) is 6.07 Å². The van der Waals surface area contributed by atoms with Gasteiger partial charge in [0.15, 0.2) is 11.5 Å². The number of unbranched alkanes of at least 4 members (excludes halogenated alkanes) is 1. The lowest BCUT2D eigenvalue weighted by molar-refractivity contribution is 0.212. The van der Waals surface area contributed by atoms with Gasteiger partial charge in [-0.3, -0.25) is 9.36 Å². The Hall–Kier alpha value is -3.26. The lowest BCUT2D eigenvalue weighted by atomic mass is 9.87. The van der Waals surface area contributed by atoms with E-state index in [9.17, 15) is 9.59 Å². The van der Waals surface area contributed by atoms with Gasteiger partial charge >= 0.3 is 5.69 Å². The minimum absolute atomic E-state index is 0.310. The fraction of sp³-hybridized carbons (Fsp3) is 0.440. The van der Waals surface area contributed by atoms with Gasteiger partial charge in [0.2, 0.25) is 0 Å². The molecule has 2 aliphatic rings. The summed E-state index contributed by atoms with van der Waals surface area (Å²) >= 11 is 0. The molecule has 0 bridgehead atoms. The van der Waals surface area contributed by atoms with Gasteiger partial charge in [-0.15, -0.1) is 0 Å². The lowest BCUT2D eigenvalue weighted by Crippen LogP contribution is -2.35. The molecule has 2 aromatic carbocycles. The van der Waals surface area contributed by atoms with Crippen LogP contribution in [0, 0.1) is 5.92 Å². The van der Waals surface area contributed by atoms with Gasteiger partial charge in [0.25, 0.3) is 5.56 Å². The van der Waals surface area contributed by atoms with Crippen LogP contribution in [0.15, 0.2) is 46.0 Å². The molecule has 1 saturated heterocycles. The van der Waals surface area contributed by atoms with Crippen LogP contribution in [-0.2, 0) is 6.54 Å². The Balaban J connectivity index is 1.23. The van der Waals surface area contributed by atoms with Crippen LogP contribution in [0.1, 0.15) is 24.3 Å². The summed E-state index contributed by atoms with van der Waals surface area (Å²) in [6.07, 6.45) is 1.67. The van der Waals surface area contributed by atoms with E-state index in [0.717, 1.165) is 44.8 Å². The van der Waals surface area contributed by atoms with E-state index in [1.165, 1.54) is 24.4 Å². The van der Waals surface area contributed by atoms with E-state index >= 15 is 0 Å². The molecule has 3 aromatic rings. The van der Waals surface area contributed by atoms with Crippen molar-refractivity contribution in [2.45, 2.75) is 25.3 Å². The third-order valence-corrected chi connectivity index (χ3v) is 6.88. The summed E-state index contributed by atoms with van der Waals surface area (Å²) < 4.78 is 17.8. The number of ether oxygens (including phenoxy) is 3. The quantitative estimate of drug-likeness (QED) is 0.556. The first-order valence-electron chi connectivity index (χ1n) is 11.4. The molecule has 8 heteroatoms. The van der Waals surface area contributed by atoms with Gasteiger partial charge < -0.3 is 24.1 Å². The molecule has 8 nitrogen and oxygen atoms in total. The normalized spacial score (nSPS) is 19.7. The van der Waals surface area contributed by atoms with Crippen LogP contribution in [0.2, 0.25) is 0 Å². The van der Waals surface area contributed by atoms with Crippen molar-refractivity contribution in [3.05, 3.63) is 62.8 Å². The molecule has 2 atom stereocenters. The second-order valence-corrected chi connectivity index (χ2v) is 8.82. The van der Waals surface area contributed by atoms with Crippen LogP contribution >= 0.6 is 0 Å². The molecule has 5 rings (SSSR count). The Bertz CT molecular complexity index is 1280. The van der Waals surface area contributed by atoms with E-state index < -0.39 is 5.69 Å². The van der Waals surface area contributed by atoms with Crippen molar-refractivity contribution in [3.63, 3.8) is 0 Å². The Morgan fingerprint density at radius 1 is 1.03 bits per heavy atom. The van der Waals surface area contributed by atoms with Gasteiger partial charge in [0, 0.05) is 37.5 Å². The number of fused-ring (bicyclic) bond motifs is 4. The standard InChI is InChI=1S/C25H29N3O5/c1-31-22-11-18-20(12-23(22)32-2)26-25(30)28(24(18)29)10-6-5-9-27-13-16-15-33-21-8-4-3-7-17(21)19(16)14-27/h3-4,7-8,11-12,16,19H,5-6,9-10,13-15H2,1-2H3,(H,26,30)/t16-,19+/m1/s1. The van der Waals surface area contributed by atoms with Crippen LogP contribution < -0.4 is 25.5 Å². The van der Waals surface area contributed by atoms with Crippen LogP contribution in [0.4, 0.5) is 0 Å². The molecule has 0 saturated carbocycles. The highest BCUT2D eigenvalue weighted by molar-refractivity contribution is 5.81.